The van der Waals surface area contributed by atoms with E-state index < -0.39 is 10.0 Å². The number of amides is 1. The predicted molar refractivity (Wildman–Crippen MR) is 111 cm³/mol. The molecule has 28 heavy (non-hydrogen) atoms. The molecular formula is C22H22N2O3S. The Bertz CT molecular complexity index is 1050. The third kappa shape index (κ3) is 4.23. The van der Waals surface area contributed by atoms with Gasteiger partial charge in [0.25, 0.3) is 15.9 Å². The lowest BCUT2D eigenvalue weighted by atomic mass is 10.1. The molecule has 0 bridgehead atoms. The summed E-state index contributed by atoms with van der Waals surface area (Å²) in [5, 5.41) is 2.90. The van der Waals surface area contributed by atoms with Gasteiger partial charge in [0.05, 0.1) is 16.6 Å². The van der Waals surface area contributed by atoms with E-state index in [0.717, 1.165) is 5.56 Å². The van der Waals surface area contributed by atoms with Crippen molar-refractivity contribution in [1.82, 2.24) is 5.32 Å². The highest BCUT2D eigenvalue weighted by Crippen LogP contribution is 2.22. The largest absolute Gasteiger partial charge is 0.346 e. The van der Waals surface area contributed by atoms with Gasteiger partial charge < -0.3 is 5.32 Å². The Morgan fingerprint density at radius 2 is 1.50 bits per heavy atom. The summed E-state index contributed by atoms with van der Waals surface area (Å²) in [4.78, 5) is 12.7. The molecule has 1 amide bonds. The van der Waals surface area contributed by atoms with Gasteiger partial charge in [0.2, 0.25) is 0 Å². The van der Waals surface area contributed by atoms with Crippen molar-refractivity contribution in [3.05, 3.63) is 96.1 Å². The van der Waals surface area contributed by atoms with Gasteiger partial charge in [-0.1, -0.05) is 54.6 Å². The first kappa shape index (κ1) is 19.6. The molecule has 0 radical (unpaired) electrons. The smallest absolute Gasteiger partial charge is 0.264 e. The number of hydrogen-bond donors (Lipinski definition) is 1. The first-order valence-corrected chi connectivity index (χ1v) is 10.3. The van der Waals surface area contributed by atoms with Gasteiger partial charge >= 0.3 is 0 Å². The second-order valence-corrected chi connectivity index (χ2v) is 8.41. The monoisotopic (exact) mass is 394 g/mol. The van der Waals surface area contributed by atoms with Gasteiger partial charge in [-0.25, -0.2) is 8.42 Å². The number of nitrogens with zero attached hydrogens (tertiary/aromatic N) is 1. The van der Waals surface area contributed by atoms with Crippen molar-refractivity contribution in [1.29, 1.82) is 0 Å². The van der Waals surface area contributed by atoms with Crippen LogP contribution in [-0.2, 0) is 10.0 Å². The van der Waals surface area contributed by atoms with Crippen molar-refractivity contribution in [3.63, 3.8) is 0 Å². The molecule has 3 aromatic carbocycles. The standard InChI is InChI=1S/C22H22N2O3S/c1-17(18-10-5-3-6-11-18)23-22(25)19-12-9-15-21(16-19)28(26,27)24(2)20-13-7-4-8-14-20/h3-17H,1-2H3,(H,23,25). The van der Waals surface area contributed by atoms with Crippen molar-refractivity contribution >= 4 is 21.6 Å². The average Bonchev–Trinajstić information content (AvgIpc) is 2.74. The summed E-state index contributed by atoms with van der Waals surface area (Å²) in [5.41, 5.74) is 1.82. The van der Waals surface area contributed by atoms with E-state index in [-0.39, 0.29) is 16.8 Å². The Morgan fingerprint density at radius 3 is 2.14 bits per heavy atom. The minimum Gasteiger partial charge on any atom is -0.346 e. The quantitative estimate of drug-likeness (QED) is 0.687. The molecule has 1 unspecified atom stereocenters. The number of benzene rings is 3. The molecule has 144 valence electrons. The molecule has 0 fully saturated rings. The molecule has 0 aromatic heterocycles. The summed E-state index contributed by atoms with van der Waals surface area (Å²) >= 11 is 0. The van der Waals surface area contributed by atoms with E-state index in [9.17, 15) is 13.2 Å². The number of hydrogen-bond acceptors (Lipinski definition) is 3. The summed E-state index contributed by atoms with van der Waals surface area (Å²) in [6.45, 7) is 1.89. The molecule has 0 aliphatic rings. The highest BCUT2D eigenvalue weighted by atomic mass is 32.2. The lowest BCUT2D eigenvalue weighted by Crippen LogP contribution is -2.28. The fraction of sp³-hybridized carbons (Fsp3) is 0.136. The van der Waals surface area contributed by atoms with Crippen LogP contribution in [0.5, 0.6) is 0 Å². The summed E-state index contributed by atoms with van der Waals surface area (Å²) in [6.07, 6.45) is 0. The molecule has 5 nitrogen and oxygen atoms in total. The van der Waals surface area contributed by atoms with Crippen molar-refractivity contribution in [2.45, 2.75) is 17.9 Å². The number of carbonyl (C=O) groups excluding carboxylic acids is 1. The van der Waals surface area contributed by atoms with Gasteiger partial charge in [-0.3, -0.25) is 9.10 Å². The minimum absolute atomic E-state index is 0.0684. The maximum atomic E-state index is 12.9. The molecule has 3 aromatic rings. The predicted octanol–water partition coefficient (Wildman–Crippen LogP) is 4.00. The van der Waals surface area contributed by atoms with Gasteiger partial charge in [-0.2, -0.15) is 0 Å². The van der Waals surface area contributed by atoms with Crippen LogP contribution in [0.3, 0.4) is 0 Å². The number of carbonyl (C=O) groups is 1. The molecular weight excluding hydrogens is 372 g/mol. The van der Waals surface area contributed by atoms with Crippen LogP contribution < -0.4 is 9.62 Å². The summed E-state index contributed by atoms with van der Waals surface area (Å²) in [5.74, 6) is -0.323. The third-order valence-corrected chi connectivity index (χ3v) is 6.30. The normalized spacial score (nSPS) is 12.2. The lowest BCUT2D eigenvalue weighted by molar-refractivity contribution is 0.0939. The van der Waals surface area contributed by atoms with Crippen LogP contribution in [0.25, 0.3) is 0 Å². The summed E-state index contributed by atoms with van der Waals surface area (Å²) < 4.78 is 27.1. The van der Waals surface area contributed by atoms with Gasteiger partial charge in [0, 0.05) is 12.6 Å². The van der Waals surface area contributed by atoms with Crippen LogP contribution in [-0.4, -0.2) is 21.4 Å². The van der Waals surface area contributed by atoms with Gasteiger partial charge in [0.1, 0.15) is 0 Å². The fourth-order valence-electron chi connectivity index (χ4n) is 2.84. The van der Waals surface area contributed by atoms with Crippen LogP contribution in [0.2, 0.25) is 0 Å². The van der Waals surface area contributed by atoms with E-state index in [1.54, 1.807) is 36.4 Å². The maximum absolute atomic E-state index is 12.9. The molecule has 0 saturated heterocycles. The Balaban J connectivity index is 1.82. The highest BCUT2D eigenvalue weighted by molar-refractivity contribution is 7.92. The van der Waals surface area contributed by atoms with E-state index in [0.29, 0.717) is 11.3 Å². The Morgan fingerprint density at radius 1 is 0.893 bits per heavy atom. The zero-order valence-corrected chi connectivity index (χ0v) is 16.6. The molecule has 0 spiro atoms. The van der Waals surface area contributed by atoms with E-state index in [1.165, 1.54) is 23.5 Å². The van der Waals surface area contributed by atoms with Crippen molar-refractivity contribution in [3.8, 4) is 0 Å². The molecule has 6 heteroatoms. The third-order valence-electron chi connectivity index (χ3n) is 4.52. The van der Waals surface area contributed by atoms with Crippen LogP contribution in [0.4, 0.5) is 5.69 Å². The van der Waals surface area contributed by atoms with Crippen LogP contribution >= 0.6 is 0 Å². The molecule has 0 saturated carbocycles. The van der Waals surface area contributed by atoms with E-state index in [4.69, 9.17) is 0 Å². The van der Waals surface area contributed by atoms with E-state index >= 15 is 0 Å². The Hall–Kier alpha value is -3.12. The topological polar surface area (TPSA) is 66.5 Å². The van der Waals surface area contributed by atoms with Gasteiger partial charge in [-0.15, -0.1) is 0 Å². The van der Waals surface area contributed by atoms with Crippen LogP contribution in [0, 0.1) is 0 Å². The first-order chi connectivity index (χ1) is 13.4. The lowest BCUT2D eigenvalue weighted by Gasteiger charge is -2.20. The van der Waals surface area contributed by atoms with Crippen LogP contribution in [0.15, 0.2) is 89.8 Å². The van der Waals surface area contributed by atoms with Crippen molar-refractivity contribution in [2.24, 2.45) is 0 Å². The Labute approximate surface area is 165 Å². The zero-order chi connectivity index (χ0) is 20.1. The number of anilines is 1. The fourth-order valence-corrected chi connectivity index (χ4v) is 4.08. The zero-order valence-electron chi connectivity index (χ0n) is 15.7. The first-order valence-electron chi connectivity index (χ1n) is 8.89. The number of sulfonamides is 1. The Kier molecular flexibility index (Phi) is 5.80. The second-order valence-electron chi connectivity index (χ2n) is 6.44. The van der Waals surface area contributed by atoms with Crippen molar-refractivity contribution < 1.29 is 13.2 Å². The number of nitrogens with one attached hydrogen (secondary N) is 1. The summed E-state index contributed by atoms with van der Waals surface area (Å²) in [7, 11) is -2.28. The number of rotatable bonds is 6. The van der Waals surface area contributed by atoms with Crippen LogP contribution in [0.1, 0.15) is 28.9 Å². The van der Waals surface area contributed by atoms with Gasteiger partial charge in [-0.05, 0) is 42.8 Å². The van der Waals surface area contributed by atoms with Gasteiger partial charge in [0.15, 0.2) is 0 Å². The second kappa shape index (κ2) is 8.27. The van der Waals surface area contributed by atoms with Crippen molar-refractivity contribution in [2.75, 3.05) is 11.4 Å². The molecule has 0 aliphatic carbocycles. The highest BCUT2D eigenvalue weighted by Gasteiger charge is 2.22. The van der Waals surface area contributed by atoms with E-state index in [1.807, 2.05) is 43.3 Å². The summed E-state index contributed by atoms with van der Waals surface area (Å²) in [6, 6.07) is 24.3. The average molecular weight is 394 g/mol. The molecule has 0 aliphatic heterocycles. The number of para-hydroxylation sites is 1. The SMILES string of the molecule is CC(NC(=O)c1cccc(S(=O)(=O)N(C)c2ccccc2)c1)c1ccccc1. The molecule has 0 heterocycles. The maximum Gasteiger partial charge on any atom is 0.264 e. The molecule has 1 atom stereocenters. The van der Waals surface area contributed by atoms with E-state index in [2.05, 4.69) is 5.32 Å². The minimum atomic E-state index is -3.78. The molecule has 1 N–H and O–H groups in total. The molecule has 3 rings (SSSR count).